The second-order valence-corrected chi connectivity index (χ2v) is 8.37. The molecule has 4 nitrogen and oxygen atoms in total. The van der Waals surface area contributed by atoms with E-state index in [1.807, 2.05) is 20.8 Å². The van der Waals surface area contributed by atoms with Crippen LogP contribution in [0.15, 0.2) is 0 Å². The van der Waals surface area contributed by atoms with Crippen molar-refractivity contribution in [2.45, 2.75) is 91.7 Å². The van der Waals surface area contributed by atoms with Gasteiger partial charge in [-0.25, -0.2) is 0 Å². The van der Waals surface area contributed by atoms with Gasteiger partial charge in [0.2, 0.25) is 0 Å². The number of carbonyl (C=O) groups excluding carboxylic acids is 1. The van der Waals surface area contributed by atoms with Gasteiger partial charge in [0.25, 0.3) is 0 Å². The van der Waals surface area contributed by atoms with Gasteiger partial charge in [-0.1, -0.05) is 46.0 Å². The van der Waals surface area contributed by atoms with Crippen molar-refractivity contribution in [3.8, 4) is 0 Å². The molecule has 0 saturated heterocycles. The second-order valence-electron chi connectivity index (χ2n) is 5.69. The molecule has 0 aliphatic heterocycles. The van der Waals surface area contributed by atoms with Crippen LogP contribution in [-0.4, -0.2) is 33.9 Å². The number of carbonyl (C=O) groups is 1. The molecule has 0 amide bonds. The third-order valence-corrected chi connectivity index (χ3v) is 6.90. The molecule has 0 rings (SSSR count). The predicted octanol–water partition coefficient (Wildman–Crippen LogP) is 4.74. The van der Waals surface area contributed by atoms with Gasteiger partial charge < -0.3 is 13.3 Å². The molecule has 0 bridgehead atoms. The minimum Gasteiger partial charge on any atom is -0.374 e. The van der Waals surface area contributed by atoms with Crippen LogP contribution in [0.5, 0.6) is 0 Å². The molecule has 0 saturated carbocycles. The van der Waals surface area contributed by atoms with E-state index in [-0.39, 0.29) is 5.78 Å². The Balaban J connectivity index is 4.39. The summed E-state index contributed by atoms with van der Waals surface area (Å²) >= 11 is 0. The van der Waals surface area contributed by atoms with Gasteiger partial charge in [-0.15, -0.1) is 0 Å². The van der Waals surface area contributed by atoms with E-state index in [4.69, 9.17) is 13.3 Å². The van der Waals surface area contributed by atoms with Gasteiger partial charge in [0, 0.05) is 25.7 Å². The lowest BCUT2D eigenvalue weighted by atomic mass is 10.1. The van der Waals surface area contributed by atoms with Crippen molar-refractivity contribution in [2.75, 3.05) is 13.2 Å². The third kappa shape index (κ3) is 9.03. The monoisotopic (exact) mass is 332 g/mol. The maximum Gasteiger partial charge on any atom is 0.501 e. The average Bonchev–Trinajstić information content (AvgIpc) is 2.47. The van der Waals surface area contributed by atoms with Crippen molar-refractivity contribution in [1.29, 1.82) is 0 Å². The lowest BCUT2D eigenvalue weighted by molar-refractivity contribution is -0.127. The summed E-state index contributed by atoms with van der Waals surface area (Å²) in [6.45, 7) is 11.1. The number of hydrogen-bond acceptors (Lipinski definition) is 4. The van der Waals surface area contributed by atoms with E-state index in [2.05, 4.69) is 13.8 Å². The first-order chi connectivity index (χ1) is 10.5. The van der Waals surface area contributed by atoms with Crippen LogP contribution in [0, 0.1) is 0 Å². The Morgan fingerprint density at radius 2 is 1.50 bits per heavy atom. The molecule has 0 aromatic heterocycles. The van der Waals surface area contributed by atoms with Crippen molar-refractivity contribution in [1.82, 2.24) is 0 Å². The lowest BCUT2D eigenvalue weighted by Gasteiger charge is -2.31. The average molecular weight is 333 g/mol. The van der Waals surface area contributed by atoms with Crippen molar-refractivity contribution in [3.05, 3.63) is 0 Å². The highest BCUT2D eigenvalue weighted by molar-refractivity contribution is 6.60. The number of rotatable bonds is 15. The van der Waals surface area contributed by atoms with Crippen molar-refractivity contribution < 1.29 is 18.1 Å². The molecule has 0 radical (unpaired) electrons. The SMILES string of the molecule is CCCCCCCC(=O)C(C)O[Si](CCC)(OCC)OCC. The Morgan fingerprint density at radius 3 is 2.00 bits per heavy atom. The molecule has 0 aromatic rings. The summed E-state index contributed by atoms with van der Waals surface area (Å²) in [5.74, 6) is 0.170. The highest BCUT2D eigenvalue weighted by atomic mass is 28.4. The van der Waals surface area contributed by atoms with E-state index in [0.717, 1.165) is 25.3 Å². The molecule has 0 N–H and O–H groups in total. The van der Waals surface area contributed by atoms with Gasteiger partial charge >= 0.3 is 8.80 Å². The Morgan fingerprint density at radius 1 is 0.909 bits per heavy atom. The molecule has 1 unspecified atom stereocenters. The van der Waals surface area contributed by atoms with E-state index in [1.54, 1.807) is 0 Å². The van der Waals surface area contributed by atoms with E-state index in [1.165, 1.54) is 19.3 Å². The summed E-state index contributed by atoms with van der Waals surface area (Å²) in [5.41, 5.74) is 0. The Kier molecular flexibility index (Phi) is 13.1. The van der Waals surface area contributed by atoms with E-state index in [9.17, 15) is 4.79 Å². The second kappa shape index (κ2) is 13.2. The van der Waals surface area contributed by atoms with Gasteiger partial charge in [0.15, 0.2) is 5.78 Å². The molecule has 5 heteroatoms. The predicted molar refractivity (Wildman–Crippen MR) is 93.0 cm³/mol. The normalized spacial score (nSPS) is 13.3. The van der Waals surface area contributed by atoms with Crippen molar-refractivity contribution in [3.63, 3.8) is 0 Å². The van der Waals surface area contributed by atoms with Gasteiger partial charge in [-0.05, 0) is 27.2 Å². The third-order valence-electron chi connectivity index (χ3n) is 3.62. The fraction of sp³-hybridized carbons (Fsp3) is 0.941. The molecular weight excluding hydrogens is 296 g/mol. The smallest absolute Gasteiger partial charge is 0.374 e. The number of Topliss-reactive ketones (excluding diaryl/α,β-unsaturated/α-hetero) is 1. The molecule has 0 aromatic carbocycles. The molecule has 22 heavy (non-hydrogen) atoms. The zero-order chi connectivity index (χ0) is 16.8. The van der Waals surface area contributed by atoms with Crippen LogP contribution in [0.4, 0.5) is 0 Å². The van der Waals surface area contributed by atoms with Crippen LogP contribution in [0.25, 0.3) is 0 Å². The van der Waals surface area contributed by atoms with Gasteiger partial charge in [-0.3, -0.25) is 4.79 Å². The first-order valence-corrected chi connectivity index (χ1v) is 11.0. The van der Waals surface area contributed by atoms with Crippen molar-refractivity contribution in [2.24, 2.45) is 0 Å². The number of unbranched alkanes of at least 4 members (excludes halogenated alkanes) is 4. The molecule has 1 atom stereocenters. The Labute approximate surface area is 138 Å². The first-order valence-electron chi connectivity index (χ1n) is 9.03. The summed E-state index contributed by atoms with van der Waals surface area (Å²) in [7, 11) is -2.70. The highest BCUT2D eigenvalue weighted by Gasteiger charge is 2.42. The minimum absolute atomic E-state index is 0.170. The van der Waals surface area contributed by atoms with Gasteiger partial charge in [0.05, 0.1) is 0 Å². The van der Waals surface area contributed by atoms with E-state index < -0.39 is 14.9 Å². The molecule has 0 spiro atoms. The summed E-state index contributed by atoms with van der Waals surface area (Å²) in [6.07, 6.45) is 6.87. The van der Waals surface area contributed by atoms with Crippen LogP contribution in [0.1, 0.15) is 79.6 Å². The zero-order valence-electron chi connectivity index (χ0n) is 15.3. The quantitative estimate of drug-likeness (QED) is 0.321. The molecule has 132 valence electrons. The lowest BCUT2D eigenvalue weighted by Crippen LogP contribution is -2.49. The summed E-state index contributed by atoms with van der Waals surface area (Å²) in [4.78, 5) is 12.3. The van der Waals surface area contributed by atoms with Crippen LogP contribution < -0.4 is 0 Å². The molecule has 0 heterocycles. The van der Waals surface area contributed by atoms with Crippen LogP contribution >= 0.6 is 0 Å². The van der Waals surface area contributed by atoms with Crippen LogP contribution in [0.3, 0.4) is 0 Å². The number of ketones is 1. The van der Waals surface area contributed by atoms with E-state index >= 15 is 0 Å². The van der Waals surface area contributed by atoms with E-state index in [0.29, 0.717) is 19.6 Å². The largest absolute Gasteiger partial charge is 0.501 e. The fourth-order valence-corrected chi connectivity index (χ4v) is 5.29. The van der Waals surface area contributed by atoms with Gasteiger partial charge in [-0.2, -0.15) is 0 Å². The van der Waals surface area contributed by atoms with Crippen LogP contribution in [0.2, 0.25) is 6.04 Å². The topological polar surface area (TPSA) is 44.8 Å². The molecule has 0 aliphatic carbocycles. The maximum absolute atomic E-state index is 12.3. The molecule has 0 aliphatic rings. The first kappa shape index (κ1) is 21.8. The Bertz CT molecular complexity index is 267. The van der Waals surface area contributed by atoms with Crippen molar-refractivity contribution >= 4 is 14.6 Å². The maximum atomic E-state index is 12.3. The van der Waals surface area contributed by atoms with Crippen LogP contribution in [-0.2, 0) is 18.1 Å². The summed E-state index contributed by atoms with van der Waals surface area (Å²) in [6, 6.07) is 0.767. The minimum atomic E-state index is -2.70. The standard InChI is InChI=1S/C17H36O4Si/c1-6-10-11-12-13-14-17(18)16(5)21-22(15-7-2,19-8-3)20-9-4/h16H,6-15H2,1-5H3. The summed E-state index contributed by atoms with van der Waals surface area (Å²) < 4.78 is 17.7. The fourth-order valence-electron chi connectivity index (χ4n) is 2.50. The molecule has 0 fully saturated rings. The van der Waals surface area contributed by atoms with Gasteiger partial charge in [0.1, 0.15) is 6.10 Å². The zero-order valence-corrected chi connectivity index (χ0v) is 16.3. The number of hydrogen-bond donors (Lipinski definition) is 0. The molecular formula is C17H36O4Si. The summed E-state index contributed by atoms with van der Waals surface area (Å²) in [5, 5.41) is 0. The highest BCUT2D eigenvalue weighted by Crippen LogP contribution is 2.21. The Hall–Kier alpha value is -0.233.